The van der Waals surface area contributed by atoms with Gasteiger partial charge in [0.05, 0.1) is 0 Å². The van der Waals surface area contributed by atoms with E-state index in [9.17, 15) is 0 Å². The first-order chi connectivity index (χ1) is 7.14. The quantitative estimate of drug-likeness (QED) is 0.693. The van der Waals surface area contributed by atoms with E-state index in [2.05, 4.69) is 31.2 Å². The molecule has 0 radical (unpaired) electrons. The van der Waals surface area contributed by atoms with Crippen LogP contribution in [-0.4, -0.2) is 44.2 Å². The van der Waals surface area contributed by atoms with E-state index in [1.54, 1.807) is 0 Å². The molecule has 2 atom stereocenters. The second-order valence-electron chi connectivity index (χ2n) is 5.09. The molecule has 1 aliphatic rings. The molecule has 0 amide bonds. The van der Waals surface area contributed by atoms with Gasteiger partial charge in [-0.15, -0.1) is 0 Å². The van der Waals surface area contributed by atoms with Crippen molar-refractivity contribution in [1.29, 1.82) is 0 Å². The molecule has 0 aromatic rings. The van der Waals surface area contributed by atoms with Crippen molar-refractivity contribution >= 4 is 0 Å². The number of nitrogens with two attached hydrogens (primary N) is 1. The van der Waals surface area contributed by atoms with Crippen LogP contribution in [0.1, 0.15) is 32.6 Å². The van der Waals surface area contributed by atoms with Crippen molar-refractivity contribution in [3.05, 3.63) is 0 Å². The van der Waals surface area contributed by atoms with Crippen LogP contribution in [0.25, 0.3) is 0 Å². The highest BCUT2D eigenvalue weighted by atomic mass is 15.1. The summed E-state index contributed by atoms with van der Waals surface area (Å²) in [6, 6.07) is 0. The van der Waals surface area contributed by atoms with Crippen LogP contribution in [0.4, 0.5) is 0 Å². The maximum Gasteiger partial charge on any atom is 0.0332 e. The SMILES string of the molecule is CCC1CCCC1(CN)NCCN(C)C. The van der Waals surface area contributed by atoms with Gasteiger partial charge in [-0.25, -0.2) is 0 Å². The Bertz CT molecular complexity index is 182. The van der Waals surface area contributed by atoms with Crippen molar-refractivity contribution in [3.8, 4) is 0 Å². The predicted octanol–water partition coefficient (Wildman–Crippen LogP) is 1.05. The van der Waals surface area contributed by atoms with Gasteiger partial charge in [-0.05, 0) is 32.9 Å². The van der Waals surface area contributed by atoms with Crippen molar-refractivity contribution in [2.45, 2.75) is 38.1 Å². The van der Waals surface area contributed by atoms with Crippen molar-refractivity contribution in [1.82, 2.24) is 10.2 Å². The van der Waals surface area contributed by atoms with Crippen molar-refractivity contribution in [3.63, 3.8) is 0 Å². The number of hydrogen-bond acceptors (Lipinski definition) is 3. The summed E-state index contributed by atoms with van der Waals surface area (Å²) in [4.78, 5) is 2.22. The second kappa shape index (κ2) is 5.83. The molecule has 2 unspecified atom stereocenters. The van der Waals surface area contributed by atoms with Crippen molar-refractivity contribution in [2.75, 3.05) is 33.7 Å². The van der Waals surface area contributed by atoms with E-state index < -0.39 is 0 Å². The summed E-state index contributed by atoms with van der Waals surface area (Å²) in [5, 5.41) is 3.71. The molecule has 1 fully saturated rings. The highest BCUT2D eigenvalue weighted by molar-refractivity contribution is 4.99. The van der Waals surface area contributed by atoms with Crippen LogP contribution in [0.3, 0.4) is 0 Å². The van der Waals surface area contributed by atoms with Gasteiger partial charge >= 0.3 is 0 Å². The fourth-order valence-corrected chi connectivity index (χ4v) is 2.84. The summed E-state index contributed by atoms with van der Waals surface area (Å²) in [5.74, 6) is 0.782. The molecule has 0 aromatic carbocycles. The average molecular weight is 213 g/mol. The summed E-state index contributed by atoms with van der Waals surface area (Å²) >= 11 is 0. The topological polar surface area (TPSA) is 41.3 Å². The highest BCUT2D eigenvalue weighted by Gasteiger charge is 2.39. The molecule has 0 aromatic heterocycles. The number of hydrogen-bond donors (Lipinski definition) is 2. The largest absolute Gasteiger partial charge is 0.329 e. The first kappa shape index (κ1) is 12.9. The van der Waals surface area contributed by atoms with Crippen molar-refractivity contribution < 1.29 is 0 Å². The molecule has 0 heterocycles. The van der Waals surface area contributed by atoms with Gasteiger partial charge in [-0.3, -0.25) is 0 Å². The Morgan fingerprint density at radius 3 is 2.73 bits per heavy atom. The Balaban J connectivity index is 2.45. The van der Waals surface area contributed by atoms with E-state index in [0.29, 0.717) is 0 Å². The van der Waals surface area contributed by atoms with E-state index >= 15 is 0 Å². The lowest BCUT2D eigenvalue weighted by molar-refractivity contribution is 0.235. The summed E-state index contributed by atoms with van der Waals surface area (Å²) in [6.45, 7) is 5.23. The number of nitrogens with one attached hydrogen (secondary N) is 1. The van der Waals surface area contributed by atoms with Gasteiger partial charge < -0.3 is 16.0 Å². The van der Waals surface area contributed by atoms with Gasteiger partial charge in [0.25, 0.3) is 0 Å². The molecule has 1 rings (SSSR count). The van der Waals surface area contributed by atoms with E-state index in [1.165, 1.54) is 25.7 Å². The molecule has 90 valence electrons. The van der Waals surface area contributed by atoms with Crippen LogP contribution in [0.5, 0.6) is 0 Å². The highest BCUT2D eigenvalue weighted by Crippen LogP contribution is 2.36. The van der Waals surface area contributed by atoms with Crippen LogP contribution >= 0.6 is 0 Å². The fourth-order valence-electron chi connectivity index (χ4n) is 2.84. The van der Waals surface area contributed by atoms with Gasteiger partial charge in [-0.1, -0.05) is 19.8 Å². The van der Waals surface area contributed by atoms with Crippen LogP contribution in [0.15, 0.2) is 0 Å². The maximum absolute atomic E-state index is 5.98. The minimum Gasteiger partial charge on any atom is -0.329 e. The Morgan fingerprint density at radius 1 is 1.47 bits per heavy atom. The van der Waals surface area contributed by atoms with Gasteiger partial charge in [0.1, 0.15) is 0 Å². The lowest BCUT2D eigenvalue weighted by atomic mass is 9.85. The molecule has 1 saturated carbocycles. The zero-order valence-electron chi connectivity index (χ0n) is 10.6. The van der Waals surface area contributed by atoms with E-state index in [4.69, 9.17) is 5.73 Å². The fraction of sp³-hybridized carbons (Fsp3) is 1.00. The van der Waals surface area contributed by atoms with Gasteiger partial charge in [0.15, 0.2) is 0 Å². The third-order valence-corrected chi connectivity index (χ3v) is 3.85. The first-order valence-electron chi connectivity index (χ1n) is 6.24. The molecule has 3 nitrogen and oxygen atoms in total. The van der Waals surface area contributed by atoms with Crippen LogP contribution in [0.2, 0.25) is 0 Å². The monoisotopic (exact) mass is 213 g/mol. The second-order valence-corrected chi connectivity index (χ2v) is 5.09. The van der Waals surface area contributed by atoms with Crippen molar-refractivity contribution in [2.24, 2.45) is 11.7 Å². The minimum atomic E-state index is 0.241. The standard InChI is InChI=1S/C12H27N3/c1-4-11-6-5-7-12(11,10-13)14-8-9-15(2)3/h11,14H,4-10,13H2,1-3H3. The number of rotatable bonds is 6. The Morgan fingerprint density at radius 2 is 2.20 bits per heavy atom. The first-order valence-corrected chi connectivity index (χ1v) is 6.24. The third-order valence-electron chi connectivity index (χ3n) is 3.85. The van der Waals surface area contributed by atoms with Gasteiger partial charge in [0, 0.05) is 25.2 Å². The zero-order valence-corrected chi connectivity index (χ0v) is 10.6. The molecule has 0 saturated heterocycles. The van der Waals surface area contributed by atoms with Crippen LogP contribution < -0.4 is 11.1 Å². The predicted molar refractivity (Wildman–Crippen MR) is 66.0 cm³/mol. The summed E-state index contributed by atoms with van der Waals surface area (Å²) in [5.41, 5.74) is 6.22. The Labute approximate surface area is 94.4 Å². The lowest BCUT2D eigenvalue weighted by Gasteiger charge is -2.35. The van der Waals surface area contributed by atoms with E-state index in [1.807, 2.05) is 0 Å². The normalized spacial score (nSPS) is 31.4. The molecule has 3 N–H and O–H groups in total. The third kappa shape index (κ3) is 3.16. The Kier molecular flexibility index (Phi) is 5.03. The number of nitrogens with zero attached hydrogens (tertiary/aromatic N) is 1. The molecule has 0 bridgehead atoms. The molecular formula is C12H27N3. The minimum absolute atomic E-state index is 0.241. The summed E-state index contributed by atoms with van der Waals surface area (Å²) in [6.07, 6.45) is 5.20. The molecular weight excluding hydrogens is 186 g/mol. The van der Waals surface area contributed by atoms with E-state index in [-0.39, 0.29) is 5.54 Å². The zero-order chi connectivity index (χ0) is 11.3. The smallest absolute Gasteiger partial charge is 0.0332 e. The van der Waals surface area contributed by atoms with Crippen LogP contribution in [0, 0.1) is 5.92 Å². The van der Waals surface area contributed by atoms with Crippen LogP contribution in [-0.2, 0) is 0 Å². The number of likely N-dealkylation sites (N-methyl/N-ethyl adjacent to an activating group) is 1. The van der Waals surface area contributed by atoms with Gasteiger partial charge in [-0.2, -0.15) is 0 Å². The maximum atomic E-state index is 5.98. The molecule has 0 spiro atoms. The average Bonchev–Trinajstić information content (AvgIpc) is 2.61. The van der Waals surface area contributed by atoms with Gasteiger partial charge in [0.2, 0.25) is 0 Å². The molecule has 15 heavy (non-hydrogen) atoms. The molecule has 1 aliphatic carbocycles. The van der Waals surface area contributed by atoms with E-state index in [0.717, 1.165) is 25.6 Å². The Hall–Kier alpha value is -0.120. The summed E-state index contributed by atoms with van der Waals surface area (Å²) < 4.78 is 0. The molecule has 3 heteroatoms. The molecule has 0 aliphatic heterocycles. The summed E-state index contributed by atoms with van der Waals surface area (Å²) in [7, 11) is 4.23. The lowest BCUT2D eigenvalue weighted by Crippen LogP contribution is -2.55.